The number of methoxy groups -OCH3 is 2. The Kier molecular flexibility index (Phi) is 6.01. The van der Waals surface area contributed by atoms with E-state index in [1.165, 1.54) is 24.3 Å². The molecule has 1 aliphatic rings. The lowest BCUT2D eigenvalue weighted by Gasteiger charge is -2.29. The minimum atomic E-state index is -0.641. The zero-order chi connectivity index (χ0) is 21.0. The lowest BCUT2D eigenvalue weighted by molar-refractivity contribution is -0.135. The van der Waals surface area contributed by atoms with Crippen molar-refractivity contribution in [1.29, 1.82) is 0 Å². The lowest BCUT2D eigenvalue weighted by atomic mass is 9.99. The number of nitrogens with zero attached hydrogens (tertiary/aromatic N) is 1. The van der Waals surface area contributed by atoms with Crippen LogP contribution in [0.2, 0.25) is 0 Å². The van der Waals surface area contributed by atoms with Crippen LogP contribution in [-0.4, -0.2) is 50.1 Å². The van der Waals surface area contributed by atoms with Gasteiger partial charge in [-0.1, -0.05) is 0 Å². The summed E-state index contributed by atoms with van der Waals surface area (Å²) in [6.45, 7) is 0.560. The minimum absolute atomic E-state index is 0.239. The number of primary amides is 1. The van der Waals surface area contributed by atoms with E-state index in [-0.39, 0.29) is 23.6 Å². The monoisotopic (exact) mass is 398 g/mol. The largest absolute Gasteiger partial charge is 0.493 e. The summed E-state index contributed by atoms with van der Waals surface area (Å²) in [7, 11) is 3.14. The van der Waals surface area contributed by atoms with Gasteiger partial charge in [-0.05, 0) is 53.9 Å². The van der Waals surface area contributed by atoms with Crippen LogP contribution in [0.5, 0.6) is 11.5 Å². The van der Waals surface area contributed by atoms with Crippen molar-refractivity contribution in [1.82, 2.24) is 4.90 Å². The summed E-state index contributed by atoms with van der Waals surface area (Å²) < 4.78 is 15.8. The van der Waals surface area contributed by atoms with Crippen molar-refractivity contribution >= 4 is 17.8 Å². The van der Waals surface area contributed by atoms with Crippen LogP contribution in [-0.2, 0) is 22.5 Å². The van der Waals surface area contributed by atoms with Crippen LogP contribution in [0.1, 0.15) is 31.8 Å². The molecular formula is C21H22N2O6. The number of esters is 1. The average molecular weight is 398 g/mol. The first-order valence-corrected chi connectivity index (χ1v) is 9.01. The standard InChI is InChI=1S/C21H22N2O6/c1-27-17-9-15-7-8-23(11-16(15)10-18(17)28-2)19(24)12-29-21(26)14-5-3-13(4-6-14)20(22)25/h3-6,9-10H,7-8,11-12H2,1-2H3,(H2,22,25). The number of carbonyl (C=O) groups is 3. The highest BCUT2D eigenvalue weighted by atomic mass is 16.5. The van der Waals surface area contributed by atoms with E-state index in [0.717, 1.165) is 11.1 Å². The molecule has 0 spiro atoms. The number of ether oxygens (including phenoxy) is 3. The molecule has 0 bridgehead atoms. The van der Waals surface area contributed by atoms with Crippen LogP contribution in [0.25, 0.3) is 0 Å². The Balaban J connectivity index is 1.60. The highest BCUT2D eigenvalue weighted by Crippen LogP contribution is 2.33. The van der Waals surface area contributed by atoms with E-state index in [2.05, 4.69) is 0 Å². The van der Waals surface area contributed by atoms with Crippen LogP contribution in [0.4, 0.5) is 0 Å². The molecule has 0 saturated heterocycles. The van der Waals surface area contributed by atoms with Gasteiger partial charge in [0.2, 0.25) is 5.91 Å². The first-order valence-electron chi connectivity index (χ1n) is 9.01. The third-order valence-corrected chi connectivity index (χ3v) is 4.80. The Morgan fingerprint density at radius 1 is 0.966 bits per heavy atom. The first kappa shape index (κ1) is 20.2. The SMILES string of the molecule is COc1cc2c(cc1OC)CN(C(=O)COC(=O)c1ccc(C(N)=O)cc1)CC2. The molecule has 2 aromatic carbocycles. The third kappa shape index (κ3) is 4.48. The summed E-state index contributed by atoms with van der Waals surface area (Å²) in [5.41, 5.74) is 7.76. The van der Waals surface area contributed by atoms with Crippen molar-refractivity contribution in [2.24, 2.45) is 5.73 Å². The summed E-state index contributed by atoms with van der Waals surface area (Å²) in [6.07, 6.45) is 0.671. The number of hydrogen-bond acceptors (Lipinski definition) is 6. The lowest BCUT2D eigenvalue weighted by Crippen LogP contribution is -2.38. The Morgan fingerprint density at radius 3 is 2.14 bits per heavy atom. The van der Waals surface area contributed by atoms with Gasteiger partial charge in [0.25, 0.3) is 5.91 Å². The molecule has 0 atom stereocenters. The van der Waals surface area contributed by atoms with Gasteiger partial charge in [-0.3, -0.25) is 9.59 Å². The zero-order valence-corrected chi connectivity index (χ0v) is 16.3. The third-order valence-electron chi connectivity index (χ3n) is 4.80. The minimum Gasteiger partial charge on any atom is -0.493 e. The van der Waals surface area contributed by atoms with E-state index in [4.69, 9.17) is 19.9 Å². The Labute approximate surface area is 168 Å². The van der Waals surface area contributed by atoms with Gasteiger partial charge in [0.1, 0.15) is 0 Å². The number of fused-ring (bicyclic) bond motifs is 1. The van der Waals surface area contributed by atoms with E-state index < -0.39 is 11.9 Å². The van der Waals surface area contributed by atoms with Gasteiger partial charge >= 0.3 is 5.97 Å². The van der Waals surface area contributed by atoms with E-state index in [9.17, 15) is 14.4 Å². The van der Waals surface area contributed by atoms with Crippen LogP contribution in [0.3, 0.4) is 0 Å². The molecule has 1 heterocycles. The molecule has 2 N–H and O–H groups in total. The molecule has 2 aromatic rings. The topological polar surface area (TPSA) is 108 Å². The maximum absolute atomic E-state index is 12.5. The van der Waals surface area contributed by atoms with Crippen LogP contribution >= 0.6 is 0 Å². The highest BCUT2D eigenvalue weighted by Gasteiger charge is 2.24. The molecular weight excluding hydrogens is 376 g/mol. The summed E-state index contributed by atoms with van der Waals surface area (Å²) in [4.78, 5) is 37.3. The predicted molar refractivity (Wildman–Crippen MR) is 104 cm³/mol. The maximum Gasteiger partial charge on any atom is 0.338 e. The van der Waals surface area contributed by atoms with E-state index in [1.807, 2.05) is 12.1 Å². The van der Waals surface area contributed by atoms with Gasteiger partial charge < -0.3 is 24.8 Å². The predicted octanol–water partition coefficient (Wildman–Crippen LogP) is 1.54. The normalized spacial score (nSPS) is 12.7. The fourth-order valence-corrected chi connectivity index (χ4v) is 3.17. The second kappa shape index (κ2) is 8.64. The van der Waals surface area contributed by atoms with Crippen molar-refractivity contribution in [2.75, 3.05) is 27.4 Å². The smallest absolute Gasteiger partial charge is 0.338 e. The number of carbonyl (C=O) groups excluding carboxylic acids is 3. The molecule has 0 radical (unpaired) electrons. The number of benzene rings is 2. The van der Waals surface area contributed by atoms with Gasteiger partial charge in [0.05, 0.1) is 19.8 Å². The average Bonchev–Trinajstić information content (AvgIpc) is 2.75. The van der Waals surface area contributed by atoms with Crippen LogP contribution in [0, 0.1) is 0 Å². The van der Waals surface area contributed by atoms with E-state index in [0.29, 0.717) is 31.0 Å². The Morgan fingerprint density at radius 2 is 1.55 bits per heavy atom. The molecule has 152 valence electrons. The molecule has 3 rings (SSSR count). The molecule has 8 nitrogen and oxygen atoms in total. The van der Waals surface area contributed by atoms with Crippen molar-refractivity contribution in [3.63, 3.8) is 0 Å². The van der Waals surface area contributed by atoms with Gasteiger partial charge in [-0.25, -0.2) is 4.79 Å². The molecule has 0 aromatic heterocycles. The van der Waals surface area contributed by atoms with E-state index >= 15 is 0 Å². The van der Waals surface area contributed by atoms with Gasteiger partial charge in [-0.2, -0.15) is 0 Å². The van der Waals surface area contributed by atoms with E-state index in [1.54, 1.807) is 19.1 Å². The fraction of sp³-hybridized carbons (Fsp3) is 0.286. The number of nitrogens with two attached hydrogens (primary N) is 1. The van der Waals surface area contributed by atoms with Crippen molar-refractivity contribution in [3.8, 4) is 11.5 Å². The van der Waals surface area contributed by atoms with Gasteiger partial charge in [0.15, 0.2) is 18.1 Å². The number of rotatable bonds is 6. The van der Waals surface area contributed by atoms with Crippen molar-refractivity contribution in [3.05, 3.63) is 58.7 Å². The van der Waals surface area contributed by atoms with Crippen molar-refractivity contribution in [2.45, 2.75) is 13.0 Å². The van der Waals surface area contributed by atoms with Crippen LogP contribution in [0.15, 0.2) is 36.4 Å². The van der Waals surface area contributed by atoms with Crippen molar-refractivity contribution < 1.29 is 28.6 Å². The Bertz CT molecular complexity index is 939. The zero-order valence-electron chi connectivity index (χ0n) is 16.3. The highest BCUT2D eigenvalue weighted by molar-refractivity contribution is 5.95. The molecule has 0 fully saturated rings. The summed E-state index contributed by atoms with van der Waals surface area (Å²) >= 11 is 0. The molecule has 0 aliphatic carbocycles. The molecule has 8 heteroatoms. The summed E-state index contributed by atoms with van der Waals surface area (Å²) in [5, 5.41) is 0. The second-order valence-corrected chi connectivity index (χ2v) is 6.56. The molecule has 2 amide bonds. The molecule has 0 saturated carbocycles. The number of amides is 2. The summed E-state index contributed by atoms with van der Waals surface area (Å²) in [6, 6.07) is 9.52. The first-order chi connectivity index (χ1) is 13.9. The van der Waals surface area contributed by atoms with Crippen LogP contribution < -0.4 is 15.2 Å². The molecule has 0 unspecified atom stereocenters. The second-order valence-electron chi connectivity index (χ2n) is 6.56. The molecule has 29 heavy (non-hydrogen) atoms. The molecule has 1 aliphatic heterocycles. The van der Waals surface area contributed by atoms with Gasteiger partial charge in [0, 0.05) is 18.7 Å². The van der Waals surface area contributed by atoms with Gasteiger partial charge in [-0.15, -0.1) is 0 Å². The summed E-state index contributed by atoms with van der Waals surface area (Å²) in [5.74, 6) is -0.251. The fourth-order valence-electron chi connectivity index (χ4n) is 3.17. The maximum atomic E-state index is 12.5. The Hall–Kier alpha value is -3.55. The quantitative estimate of drug-likeness (QED) is 0.740. The number of hydrogen-bond donors (Lipinski definition) is 1.